The Morgan fingerprint density at radius 2 is 2.00 bits per heavy atom. The zero-order chi connectivity index (χ0) is 13.0. The van der Waals surface area contributed by atoms with Crippen LogP contribution in [0, 0.1) is 0 Å². The lowest BCUT2D eigenvalue weighted by molar-refractivity contribution is 0.258. The Labute approximate surface area is 110 Å². The molecule has 0 radical (unpaired) electrons. The number of hydrogen-bond donors (Lipinski definition) is 1. The molecule has 100 valence electrons. The van der Waals surface area contributed by atoms with E-state index in [2.05, 4.69) is 27.8 Å². The zero-order valence-corrected chi connectivity index (χ0v) is 11.5. The molecule has 1 aliphatic heterocycles. The number of nitrogens with two attached hydrogens (primary N) is 1. The summed E-state index contributed by atoms with van der Waals surface area (Å²) >= 11 is 0. The second-order valence-electron chi connectivity index (χ2n) is 5.06. The van der Waals surface area contributed by atoms with Gasteiger partial charge in [0.05, 0.1) is 17.6 Å². The molecule has 0 aromatic carbocycles. The highest BCUT2D eigenvalue weighted by molar-refractivity contribution is 5.45. The van der Waals surface area contributed by atoms with Gasteiger partial charge >= 0.3 is 0 Å². The fraction of sp³-hybridized carbons (Fsp3) is 0.643. The third-order valence-corrected chi connectivity index (χ3v) is 3.51. The van der Waals surface area contributed by atoms with E-state index >= 15 is 0 Å². The normalized spacial score (nSPS) is 18.9. The summed E-state index contributed by atoms with van der Waals surface area (Å²) in [5, 5.41) is 0. The van der Waals surface area contributed by atoms with Gasteiger partial charge in [0, 0.05) is 32.2 Å². The van der Waals surface area contributed by atoms with E-state index in [4.69, 9.17) is 5.73 Å². The third-order valence-electron chi connectivity index (χ3n) is 3.51. The van der Waals surface area contributed by atoms with E-state index in [9.17, 15) is 0 Å². The van der Waals surface area contributed by atoms with E-state index < -0.39 is 0 Å². The van der Waals surface area contributed by atoms with Crippen molar-refractivity contribution < 1.29 is 0 Å². The molecule has 18 heavy (non-hydrogen) atoms. The Hall–Kier alpha value is -1.13. The van der Waals surface area contributed by atoms with Crippen LogP contribution < -0.4 is 10.6 Å². The van der Waals surface area contributed by atoms with Crippen molar-refractivity contribution in [1.29, 1.82) is 0 Å². The zero-order valence-electron chi connectivity index (χ0n) is 11.5. The minimum atomic E-state index is 0.0143. The maximum atomic E-state index is 5.81. The summed E-state index contributed by atoms with van der Waals surface area (Å²) in [6.45, 7) is 9.93. The second-order valence-corrected chi connectivity index (χ2v) is 5.06. The van der Waals surface area contributed by atoms with Crippen molar-refractivity contribution in [3.8, 4) is 0 Å². The molecular weight excluding hydrogens is 224 g/mol. The molecule has 4 nitrogen and oxygen atoms in total. The first-order chi connectivity index (χ1) is 8.70. The van der Waals surface area contributed by atoms with Gasteiger partial charge in [0.1, 0.15) is 0 Å². The van der Waals surface area contributed by atoms with Gasteiger partial charge in [0.15, 0.2) is 0 Å². The van der Waals surface area contributed by atoms with E-state index in [1.165, 1.54) is 18.7 Å². The van der Waals surface area contributed by atoms with E-state index in [-0.39, 0.29) is 6.04 Å². The molecule has 2 N–H and O–H groups in total. The molecule has 4 heteroatoms. The SMILES string of the molecule is CCCN1CCN(c2ccc(C(C)N)nc2)CC1. The molecule has 2 rings (SSSR count). The minimum Gasteiger partial charge on any atom is -0.368 e. The fourth-order valence-electron chi connectivity index (χ4n) is 2.40. The van der Waals surface area contributed by atoms with Crippen LogP contribution in [0.1, 0.15) is 32.0 Å². The number of aromatic nitrogens is 1. The smallest absolute Gasteiger partial charge is 0.0569 e. The number of anilines is 1. The maximum absolute atomic E-state index is 5.81. The van der Waals surface area contributed by atoms with Crippen LogP contribution in [0.15, 0.2) is 18.3 Å². The van der Waals surface area contributed by atoms with Gasteiger partial charge in [-0.1, -0.05) is 6.92 Å². The van der Waals surface area contributed by atoms with Crippen LogP contribution in [-0.2, 0) is 0 Å². The molecule has 1 aliphatic rings. The molecule has 1 aromatic heterocycles. The highest BCUT2D eigenvalue weighted by Crippen LogP contribution is 2.17. The van der Waals surface area contributed by atoms with E-state index in [0.717, 1.165) is 31.9 Å². The summed E-state index contributed by atoms with van der Waals surface area (Å²) in [5.74, 6) is 0. The van der Waals surface area contributed by atoms with Crippen LogP contribution >= 0.6 is 0 Å². The van der Waals surface area contributed by atoms with Crippen molar-refractivity contribution in [1.82, 2.24) is 9.88 Å². The summed E-state index contributed by atoms with van der Waals surface area (Å²) in [4.78, 5) is 9.36. The summed E-state index contributed by atoms with van der Waals surface area (Å²) in [6, 6.07) is 4.19. The topological polar surface area (TPSA) is 45.4 Å². The predicted molar refractivity (Wildman–Crippen MR) is 75.8 cm³/mol. The van der Waals surface area contributed by atoms with Crippen LogP contribution in [0.2, 0.25) is 0 Å². The number of rotatable bonds is 4. The van der Waals surface area contributed by atoms with Crippen molar-refractivity contribution in [2.75, 3.05) is 37.6 Å². The van der Waals surface area contributed by atoms with Crippen molar-refractivity contribution >= 4 is 5.69 Å². The van der Waals surface area contributed by atoms with Gasteiger partial charge < -0.3 is 10.6 Å². The minimum absolute atomic E-state index is 0.0143. The molecule has 0 spiro atoms. The van der Waals surface area contributed by atoms with E-state index in [1.54, 1.807) is 0 Å². The Morgan fingerprint density at radius 1 is 1.28 bits per heavy atom. The van der Waals surface area contributed by atoms with Gasteiger partial charge in [0.2, 0.25) is 0 Å². The van der Waals surface area contributed by atoms with Crippen LogP contribution in [0.25, 0.3) is 0 Å². The monoisotopic (exact) mass is 248 g/mol. The molecule has 1 aromatic rings. The van der Waals surface area contributed by atoms with Gasteiger partial charge in [-0.05, 0) is 32.0 Å². The summed E-state index contributed by atoms with van der Waals surface area (Å²) in [7, 11) is 0. The average molecular weight is 248 g/mol. The van der Waals surface area contributed by atoms with Gasteiger partial charge in [-0.15, -0.1) is 0 Å². The second kappa shape index (κ2) is 6.16. The number of piperazine rings is 1. The number of pyridine rings is 1. The fourth-order valence-corrected chi connectivity index (χ4v) is 2.40. The van der Waals surface area contributed by atoms with Gasteiger partial charge in [-0.25, -0.2) is 0 Å². The largest absolute Gasteiger partial charge is 0.368 e. The van der Waals surface area contributed by atoms with E-state index in [0.29, 0.717) is 0 Å². The molecule has 0 aliphatic carbocycles. The highest BCUT2D eigenvalue weighted by atomic mass is 15.3. The maximum Gasteiger partial charge on any atom is 0.0569 e. The standard InChI is InChI=1S/C14H24N4/c1-3-6-17-7-9-18(10-8-17)13-4-5-14(12(2)15)16-11-13/h4-5,11-12H,3,6-10,15H2,1-2H3. The lowest BCUT2D eigenvalue weighted by Gasteiger charge is -2.35. The van der Waals surface area contributed by atoms with Crippen molar-refractivity contribution in [3.63, 3.8) is 0 Å². The van der Waals surface area contributed by atoms with Gasteiger partial charge in [0.25, 0.3) is 0 Å². The average Bonchev–Trinajstić information content (AvgIpc) is 2.40. The third kappa shape index (κ3) is 3.21. The molecule has 0 bridgehead atoms. The number of nitrogens with zero attached hydrogens (tertiary/aromatic N) is 3. The predicted octanol–water partition coefficient (Wildman–Crippen LogP) is 1.63. The van der Waals surface area contributed by atoms with Gasteiger partial charge in [-0.3, -0.25) is 9.88 Å². The molecule has 1 unspecified atom stereocenters. The lowest BCUT2D eigenvalue weighted by Crippen LogP contribution is -2.46. The summed E-state index contributed by atoms with van der Waals surface area (Å²) in [6.07, 6.45) is 3.19. The molecule has 0 amide bonds. The van der Waals surface area contributed by atoms with E-state index in [1.807, 2.05) is 19.2 Å². The first-order valence-corrected chi connectivity index (χ1v) is 6.89. The molecular formula is C14H24N4. The molecule has 0 saturated carbocycles. The Balaban J connectivity index is 1.93. The van der Waals surface area contributed by atoms with Gasteiger partial charge in [-0.2, -0.15) is 0 Å². The van der Waals surface area contributed by atoms with Crippen molar-refractivity contribution in [2.24, 2.45) is 5.73 Å². The van der Waals surface area contributed by atoms with Crippen LogP contribution in [-0.4, -0.2) is 42.6 Å². The molecule has 1 fully saturated rings. The van der Waals surface area contributed by atoms with Crippen molar-refractivity contribution in [2.45, 2.75) is 26.3 Å². The Kier molecular flexibility index (Phi) is 4.55. The van der Waals surface area contributed by atoms with Crippen molar-refractivity contribution in [3.05, 3.63) is 24.0 Å². The molecule has 1 atom stereocenters. The number of hydrogen-bond acceptors (Lipinski definition) is 4. The Morgan fingerprint density at radius 3 is 2.50 bits per heavy atom. The first kappa shape index (κ1) is 13.3. The van der Waals surface area contributed by atoms with Crippen LogP contribution in [0.4, 0.5) is 5.69 Å². The lowest BCUT2D eigenvalue weighted by atomic mass is 10.2. The highest BCUT2D eigenvalue weighted by Gasteiger charge is 2.16. The Bertz CT molecular complexity index is 353. The summed E-state index contributed by atoms with van der Waals surface area (Å²) < 4.78 is 0. The first-order valence-electron chi connectivity index (χ1n) is 6.89. The van der Waals surface area contributed by atoms with Crippen LogP contribution in [0.5, 0.6) is 0 Å². The molecule has 2 heterocycles. The summed E-state index contributed by atoms with van der Waals surface area (Å²) in [5.41, 5.74) is 7.99. The molecule has 1 saturated heterocycles. The van der Waals surface area contributed by atoms with Crippen LogP contribution in [0.3, 0.4) is 0 Å². The quantitative estimate of drug-likeness (QED) is 0.880.